The predicted octanol–water partition coefficient (Wildman–Crippen LogP) is 2.00. The second-order valence-corrected chi connectivity index (χ2v) is 7.02. The minimum Gasteiger partial charge on any atom is -0.309 e. The SMILES string of the molecule is CC[C@H](C(=O)Nc1ccccn1)N1C(=O)[C@@H]2[C@H](C1=O)[C@H]1C=C[C@H]2CC1. The van der Waals surface area contributed by atoms with Crippen LogP contribution in [0.4, 0.5) is 5.82 Å². The summed E-state index contributed by atoms with van der Waals surface area (Å²) in [5.74, 6) is -0.610. The van der Waals surface area contributed by atoms with E-state index in [1.807, 2.05) is 6.92 Å². The first-order valence-electron chi connectivity index (χ1n) is 8.89. The fraction of sp³-hybridized carbons (Fsp3) is 0.474. The highest BCUT2D eigenvalue weighted by molar-refractivity contribution is 6.10. The van der Waals surface area contributed by atoms with E-state index in [-0.39, 0.29) is 41.4 Å². The van der Waals surface area contributed by atoms with Crippen LogP contribution >= 0.6 is 0 Å². The third-order valence-corrected chi connectivity index (χ3v) is 5.71. The zero-order valence-electron chi connectivity index (χ0n) is 14.1. The largest absolute Gasteiger partial charge is 0.309 e. The molecule has 0 aromatic carbocycles. The molecule has 1 aromatic rings. The third-order valence-electron chi connectivity index (χ3n) is 5.71. The molecule has 2 bridgehead atoms. The number of carbonyl (C=O) groups excluding carboxylic acids is 3. The number of rotatable bonds is 4. The lowest BCUT2D eigenvalue weighted by molar-refractivity contribution is -0.146. The van der Waals surface area contributed by atoms with Gasteiger partial charge in [0.2, 0.25) is 17.7 Å². The summed E-state index contributed by atoms with van der Waals surface area (Å²) in [6, 6.07) is 4.43. The van der Waals surface area contributed by atoms with Gasteiger partial charge in [0.1, 0.15) is 11.9 Å². The standard InChI is InChI=1S/C19H21N3O3/c1-2-13(17(23)21-14-5-3-4-10-20-14)22-18(24)15-11-6-7-12(9-8-11)16(15)19(22)25/h3-7,10-13,15-16H,2,8-9H2,1H3,(H,20,21,23)/t11-,12-,13+,15-,16+/m0/s1. The number of nitrogens with zero attached hydrogens (tertiary/aromatic N) is 2. The first kappa shape index (κ1) is 16.0. The van der Waals surface area contributed by atoms with Crippen molar-refractivity contribution in [2.24, 2.45) is 23.7 Å². The molecular formula is C19H21N3O3. The van der Waals surface area contributed by atoms with Crippen LogP contribution in [0, 0.1) is 23.7 Å². The van der Waals surface area contributed by atoms with E-state index >= 15 is 0 Å². The maximum Gasteiger partial charge on any atom is 0.248 e. The second kappa shape index (κ2) is 6.10. The summed E-state index contributed by atoms with van der Waals surface area (Å²) >= 11 is 0. The van der Waals surface area contributed by atoms with E-state index in [0.717, 1.165) is 12.8 Å². The number of pyridine rings is 1. The van der Waals surface area contributed by atoms with Crippen LogP contribution < -0.4 is 5.32 Å². The van der Waals surface area contributed by atoms with E-state index in [1.165, 1.54) is 4.90 Å². The normalized spacial score (nSPS) is 31.2. The maximum atomic E-state index is 13.0. The molecule has 4 aliphatic rings. The number of nitrogens with one attached hydrogen (secondary N) is 1. The maximum absolute atomic E-state index is 13.0. The number of carbonyl (C=O) groups is 3. The summed E-state index contributed by atoms with van der Waals surface area (Å²) in [4.78, 5) is 43.9. The summed E-state index contributed by atoms with van der Waals surface area (Å²) in [5, 5.41) is 2.72. The van der Waals surface area contributed by atoms with Gasteiger partial charge in [-0.15, -0.1) is 0 Å². The molecule has 6 nitrogen and oxygen atoms in total. The Kier molecular flexibility index (Phi) is 3.90. The lowest BCUT2D eigenvalue weighted by Crippen LogP contribution is -2.47. The number of fused-ring (bicyclic) bond motifs is 1. The molecule has 0 spiro atoms. The van der Waals surface area contributed by atoms with Gasteiger partial charge in [-0.3, -0.25) is 19.3 Å². The van der Waals surface area contributed by atoms with Crippen LogP contribution in [0.5, 0.6) is 0 Å². The highest BCUT2D eigenvalue weighted by atomic mass is 16.2. The molecular weight excluding hydrogens is 318 g/mol. The van der Waals surface area contributed by atoms with Crippen LogP contribution in [0.25, 0.3) is 0 Å². The fourth-order valence-electron chi connectivity index (χ4n) is 4.54. The number of imide groups is 1. The second-order valence-electron chi connectivity index (χ2n) is 7.02. The van der Waals surface area contributed by atoms with Crippen molar-refractivity contribution >= 4 is 23.5 Å². The number of allylic oxidation sites excluding steroid dienone is 2. The molecule has 1 aliphatic heterocycles. The van der Waals surface area contributed by atoms with Gasteiger partial charge in [0.15, 0.2) is 0 Å². The van der Waals surface area contributed by atoms with Crippen LogP contribution in [0.3, 0.4) is 0 Å². The minimum atomic E-state index is -0.785. The number of anilines is 1. The van der Waals surface area contributed by atoms with Crippen LogP contribution in [-0.4, -0.2) is 33.6 Å². The molecule has 5 atom stereocenters. The van der Waals surface area contributed by atoms with Crippen molar-refractivity contribution in [1.29, 1.82) is 0 Å². The van der Waals surface area contributed by atoms with Gasteiger partial charge < -0.3 is 5.32 Å². The van der Waals surface area contributed by atoms with E-state index in [1.54, 1.807) is 24.4 Å². The Morgan fingerprint density at radius 3 is 2.32 bits per heavy atom. The molecule has 0 radical (unpaired) electrons. The van der Waals surface area contributed by atoms with Gasteiger partial charge in [-0.05, 0) is 43.2 Å². The molecule has 130 valence electrons. The number of aromatic nitrogens is 1. The molecule has 0 unspecified atom stereocenters. The molecule has 2 fully saturated rings. The fourth-order valence-corrected chi connectivity index (χ4v) is 4.54. The monoisotopic (exact) mass is 339 g/mol. The van der Waals surface area contributed by atoms with Crippen molar-refractivity contribution in [3.63, 3.8) is 0 Å². The van der Waals surface area contributed by atoms with Crippen molar-refractivity contribution in [3.8, 4) is 0 Å². The predicted molar refractivity (Wildman–Crippen MR) is 91.1 cm³/mol. The molecule has 5 rings (SSSR count). The van der Waals surface area contributed by atoms with Gasteiger partial charge >= 0.3 is 0 Å². The lowest BCUT2D eigenvalue weighted by atomic mass is 9.63. The quantitative estimate of drug-likeness (QED) is 0.672. The van der Waals surface area contributed by atoms with E-state index < -0.39 is 6.04 Å². The number of hydrogen-bond acceptors (Lipinski definition) is 4. The smallest absolute Gasteiger partial charge is 0.248 e. The zero-order chi connectivity index (χ0) is 17.6. The van der Waals surface area contributed by atoms with Gasteiger partial charge in [-0.25, -0.2) is 4.98 Å². The first-order chi connectivity index (χ1) is 12.1. The summed E-state index contributed by atoms with van der Waals surface area (Å²) < 4.78 is 0. The first-order valence-corrected chi connectivity index (χ1v) is 8.89. The number of amides is 3. The van der Waals surface area contributed by atoms with Gasteiger partial charge in [-0.1, -0.05) is 25.1 Å². The Morgan fingerprint density at radius 1 is 1.20 bits per heavy atom. The van der Waals surface area contributed by atoms with Crippen molar-refractivity contribution in [2.45, 2.75) is 32.2 Å². The molecule has 2 heterocycles. The van der Waals surface area contributed by atoms with Crippen LogP contribution in [-0.2, 0) is 14.4 Å². The Bertz CT molecular complexity index is 714. The topological polar surface area (TPSA) is 79.4 Å². The van der Waals surface area contributed by atoms with Gasteiger partial charge in [-0.2, -0.15) is 0 Å². The summed E-state index contributed by atoms with van der Waals surface area (Å²) in [7, 11) is 0. The van der Waals surface area contributed by atoms with Crippen LogP contribution in [0.15, 0.2) is 36.5 Å². The van der Waals surface area contributed by atoms with E-state index in [2.05, 4.69) is 22.5 Å². The van der Waals surface area contributed by atoms with Crippen molar-refractivity contribution in [2.75, 3.05) is 5.32 Å². The zero-order valence-corrected chi connectivity index (χ0v) is 14.1. The van der Waals surface area contributed by atoms with Gasteiger partial charge in [0, 0.05) is 6.20 Å². The molecule has 6 heteroatoms. The van der Waals surface area contributed by atoms with Crippen molar-refractivity contribution in [1.82, 2.24) is 9.88 Å². The lowest BCUT2D eigenvalue weighted by Gasteiger charge is -2.38. The van der Waals surface area contributed by atoms with Crippen LogP contribution in [0.1, 0.15) is 26.2 Å². The average molecular weight is 339 g/mol. The summed E-state index contributed by atoms with van der Waals surface area (Å²) in [6.07, 6.45) is 8.04. The van der Waals surface area contributed by atoms with Crippen LogP contribution in [0.2, 0.25) is 0 Å². The average Bonchev–Trinajstić information content (AvgIpc) is 2.92. The van der Waals surface area contributed by atoms with Crippen molar-refractivity contribution in [3.05, 3.63) is 36.5 Å². The molecule has 3 amide bonds. The Balaban J connectivity index is 1.58. The molecule has 1 aromatic heterocycles. The molecule has 1 saturated heterocycles. The van der Waals surface area contributed by atoms with Crippen molar-refractivity contribution < 1.29 is 14.4 Å². The van der Waals surface area contributed by atoms with Gasteiger partial charge in [0.25, 0.3) is 0 Å². The summed E-state index contributed by atoms with van der Waals surface area (Å²) in [5.41, 5.74) is 0. The molecule has 25 heavy (non-hydrogen) atoms. The molecule has 1 saturated carbocycles. The number of likely N-dealkylation sites (tertiary alicyclic amines) is 1. The highest BCUT2D eigenvalue weighted by Gasteiger charge is 2.58. The molecule has 3 aliphatic carbocycles. The highest BCUT2D eigenvalue weighted by Crippen LogP contribution is 2.50. The van der Waals surface area contributed by atoms with E-state index in [9.17, 15) is 14.4 Å². The summed E-state index contributed by atoms with van der Waals surface area (Å²) in [6.45, 7) is 1.82. The third kappa shape index (κ3) is 2.47. The Hall–Kier alpha value is -2.50. The minimum absolute atomic E-state index is 0.132. The molecule has 1 N–H and O–H groups in total. The van der Waals surface area contributed by atoms with Gasteiger partial charge in [0.05, 0.1) is 11.8 Å². The Labute approximate surface area is 146 Å². The Morgan fingerprint density at radius 2 is 1.84 bits per heavy atom. The van der Waals surface area contributed by atoms with E-state index in [4.69, 9.17) is 0 Å². The number of hydrogen-bond donors (Lipinski definition) is 1. The van der Waals surface area contributed by atoms with E-state index in [0.29, 0.717) is 12.2 Å².